The van der Waals surface area contributed by atoms with Crippen LogP contribution in [0.25, 0.3) is 0 Å². The summed E-state index contributed by atoms with van der Waals surface area (Å²) in [6.07, 6.45) is 7.22. The summed E-state index contributed by atoms with van der Waals surface area (Å²) >= 11 is 1.86. The van der Waals surface area contributed by atoms with Gasteiger partial charge < -0.3 is 5.32 Å². The first-order chi connectivity index (χ1) is 5.84. The molecule has 12 heavy (non-hydrogen) atoms. The molecule has 0 aliphatic carbocycles. The Bertz CT molecular complexity index is 194. The molecule has 0 bridgehead atoms. The first-order valence-electron chi connectivity index (χ1n) is 4.62. The van der Waals surface area contributed by atoms with Crippen LogP contribution in [0.3, 0.4) is 0 Å². The van der Waals surface area contributed by atoms with E-state index in [2.05, 4.69) is 24.6 Å². The zero-order valence-corrected chi connectivity index (χ0v) is 8.71. The molecule has 0 amide bonds. The molecule has 1 heterocycles. The smallest absolute Gasteiger partial charge is 0.0215 e. The molecule has 0 aromatic heterocycles. The Morgan fingerprint density at radius 3 is 2.92 bits per heavy atom. The first-order valence-corrected chi connectivity index (χ1v) is 5.50. The van der Waals surface area contributed by atoms with Gasteiger partial charge in [-0.2, -0.15) is 0 Å². The van der Waals surface area contributed by atoms with Gasteiger partial charge in [0.2, 0.25) is 0 Å². The van der Waals surface area contributed by atoms with Gasteiger partial charge in [-0.15, -0.1) is 0 Å². The summed E-state index contributed by atoms with van der Waals surface area (Å²) in [5.74, 6) is 0. The molecule has 0 saturated carbocycles. The van der Waals surface area contributed by atoms with Crippen LogP contribution in [0.5, 0.6) is 0 Å². The number of nitrogens with one attached hydrogen (secondary N) is 1. The van der Waals surface area contributed by atoms with Gasteiger partial charge in [0.1, 0.15) is 0 Å². The summed E-state index contributed by atoms with van der Waals surface area (Å²) in [6, 6.07) is 0. The molecule has 0 radical (unpaired) electrons. The molecule has 1 N–H and O–H groups in total. The van der Waals surface area contributed by atoms with E-state index in [0.717, 1.165) is 0 Å². The van der Waals surface area contributed by atoms with Crippen LogP contribution in [0.15, 0.2) is 22.2 Å². The largest absolute Gasteiger partial charge is 0.364 e. The van der Waals surface area contributed by atoms with Gasteiger partial charge in [-0.3, -0.25) is 0 Å². The van der Waals surface area contributed by atoms with Gasteiger partial charge in [0.05, 0.1) is 0 Å². The predicted octanol–water partition coefficient (Wildman–Crippen LogP) is 3.61. The van der Waals surface area contributed by atoms with Crippen LogP contribution in [-0.4, -0.2) is 0 Å². The summed E-state index contributed by atoms with van der Waals surface area (Å²) in [5.41, 5.74) is 1.33. The van der Waals surface area contributed by atoms with Crippen molar-refractivity contribution in [3.05, 3.63) is 22.2 Å². The summed E-state index contributed by atoms with van der Waals surface area (Å²) in [6.45, 7) is 4.39. The van der Waals surface area contributed by atoms with Gasteiger partial charge in [-0.05, 0) is 25.2 Å². The lowest BCUT2D eigenvalue weighted by Gasteiger charge is -2.13. The monoisotopic (exact) mass is 183 g/mol. The maximum absolute atomic E-state index is 3.24. The molecule has 0 fully saturated rings. The van der Waals surface area contributed by atoms with E-state index in [0.29, 0.717) is 0 Å². The Labute approximate surface area is 79.3 Å². The molecule has 0 aromatic rings. The Morgan fingerprint density at radius 1 is 1.42 bits per heavy atom. The van der Waals surface area contributed by atoms with E-state index in [-0.39, 0.29) is 0 Å². The standard InChI is InChI=1S/C10H17NS/c1-3-4-5-6-10-9(2)11-7-8-12-10/h7-8,11H,3-6H2,1-2H3. The Kier molecular flexibility index (Phi) is 4.30. The normalized spacial score (nSPS) is 16.5. The van der Waals surface area contributed by atoms with Crippen LogP contribution in [0.2, 0.25) is 0 Å². The molecule has 0 spiro atoms. The Morgan fingerprint density at radius 2 is 2.25 bits per heavy atom. The molecule has 68 valence electrons. The maximum atomic E-state index is 3.24. The SMILES string of the molecule is CCCCCC1=C(C)NC=CS1. The molecule has 0 aromatic carbocycles. The lowest BCUT2D eigenvalue weighted by Crippen LogP contribution is -2.06. The summed E-state index contributed by atoms with van der Waals surface area (Å²) in [7, 11) is 0. The molecule has 1 nitrogen and oxygen atoms in total. The van der Waals surface area contributed by atoms with E-state index in [1.807, 2.05) is 18.0 Å². The van der Waals surface area contributed by atoms with E-state index in [1.54, 1.807) is 0 Å². The number of hydrogen-bond donors (Lipinski definition) is 1. The van der Waals surface area contributed by atoms with Crippen LogP contribution >= 0.6 is 11.8 Å². The molecular weight excluding hydrogens is 166 g/mol. The lowest BCUT2D eigenvalue weighted by molar-refractivity contribution is 0.720. The second-order valence-corrected chi connectivity index (χ2v) is 4.07. The van der Waals surface area contributed by atoms with Crippen molar-refractivity contribution in [2.45, 2.75) is 39.5 Å². The number of unbranched alkanes of at least 4 members (excludes halogenated alkanes) is 2. The van der Waals surface area contributed by atoms with Crippen molar-refractivity contribution < 1.29 is 0 Å². The molecule has 2 heteroatoms. The van der Waals surface area contributed by atoms with Gasteiger partial charge in [-0.1, -0.05) is 31.5 Å². The fourth-order valence-electron chi connectivity index (χ4n) is 1.23. The molecule has 1 aliphatic heterocycles. The van der Waals surface area contributed by atoms with Gasteiger partial charge >= 0.3 is 0 Å². The summed E-state index contributed by atoms with van der Waals surface area (Å²) in [5, 5.41) is 5.36. The average molecular weight is 183 g/mol. The molecule has 1 rings (SSSR count). The Balaban J connectivity index is 2.30. The van der Waals surface area contributed by atoms with Gasteiger partial charge in [0, 0.05) is 16.8 Å². The molecule has 0 unspecified atom stereocenters. The quantitative estimate of drug-likeness (QED) is 0.668. The van der Waals surface area contributed by atoms with Gasteiger partial charge in [0.15, 0.2) is 0 Å². The van der Waals surface area contributed by atoms with Crippen molar-refractivity contribution in [2.24, 2.45) is 0 Å². The highest BCUT2D eigenvalue weighted by molar-refractivity contribution is 8.05. The third-order valence-electron chi connectivity index (χ3n) is 2.00. The second-order valence-electron chi connectivity index (χ2n) is 3.07. The van der Waals surface area contributed by atoms with Crippen molar-refractivity contribution in [3.8, 4) is 0 Å². The van der Waals surface area contributed by atoms with Gasteiger partial charge in [0.25, 0.3) is 0 Å². The maximum Gasteiger partial charge on any atom is 0.0215 e. The zero-order valence-electron chi connectivity index (χ0n) is 7.89. The average Bonchev–Trinajstić information content (AvgIpc) is 2.09. The number of allylic oxidation sites excluding steroid dienone is 2. The lowest BCUT2D eigenvalue weighted by atomic mass is 10.2. The topological polar surface area (TPSA) is 12.0 Å². The van der Waals surface area contributed by atoms with Crippen molar-refractivity contribution in [3.63, 3.8) is 0 Å². The zero-order chi connectivity index (χ0) is 8.81. The fourth-order valence-corrected chi connectivity index (χ4v) is 2.02. The minimum Gasteiger partial charge on any atom is -0.364 e. The number of thioether (sulfide) groups is 1. The van der Waals surface area contributed by atoms with E-state index in [1.165, 1.54) is 36.3 Å². The number of rotatable bonds is 4. The van der Waals surface area contributed by atoms with Crippen LogP contribution in [0.4, 0.5) is 0 Å². The highest BCUT2D eigenvalue weighted by atomic mass is 32.2. The highest BCUT2D eigenvalue weighted by Gasteiger charge is 2.04. The molecule has 0 atom stereocenters. The van der Waals surface area contributed by atoms with Gasteiger partial charge in [-0.25, -0.2) is 0 Å². The van der Waals surface area contributed by atoms with Crippen LogP contribution < -0.4 is 5.32 Å². The first kappa shape index (κ1) is 9.72. The van der Waals surface area contributed by atoms with Crippen molar-refractivity contribution in [1.29, 1.82) is 0 Å². The van der Waals surface area contributed by atoms with Crippen molar-refractivity contribution in [1.82, 2.24) is 5.32 Å². The third kappa shape index (κ3) is 2.94. The van der Waals surface area contributed by atoms with Crippen LogP contribution in [0.1, 0.15) is 39.5 Å². The highest BCUT2D eigenvalue weighted by Crippen LogP contribution is 2.27. The van der Waals surface area contributed by atoms with E-state index < -0.39 is 0 Å². The minimum absolute atomic E-state index is 1.24. The Hall–Kier alpha value is -0.370. The van der Waals surface area contributed by atoms with Crippen LogP contribution in [0, 0.1) is 0 Å². The third-order valence-corrected chi connectivity index (χ3v) is 3.07. The minimum atomic E-state index is 1.24. The molecular formula is C10H17NS. The van der Waals surface area contributed by atoms with E-state index in [9.17, 15) is 0 Å². The summed E-state index contributed by atoms with van der Waals surface area (Å²) in [4.78, 5) is 1.51. The van der Waals surface area contributed by atoms with E-state index >= 15 is 0 Å². The van der Waals surface area contributed by atoms with Crippen molar-refractivity contribution in [2.75, 3.05) is 0 Å². The second kappa shape index (κ2) is 5.31. The molecule has 0 saturated heterocycles. The van der Waals surface area contributed by atoms with Crippen LogP contribution in [-0.2, 0) is 0 Å². The summed E-state index contributed by atoms with van der Waals surface area (Å²) < 4.78 is 0. The number of hydrogen-bond acceptors (Lipinski definition) is 2. The fraction of sp³-hybridized carbons (Fsp3) is 0.600. The van der Waals surface area contributed by atoms with Crippen molar-refractivity contribution >= 4 is 11.8 Å². The van der Waals surface area contributed by atoms with E-state index in [4.69, 9.17) is 0 Å². The molecule has 1 aliphatic rings. The predicted molar refractivity (Wildman–Crippen MR) is 56.7 cm³/mol.